The van der Waals surface area contributed by atoms with Gasteiger partial charge in [-0.05, 0) is 64.3 Å². The first-order valence-electron chi connectivity index (χ1n) is 18.9. The molecule has 3 aliphatic heterocycles. The van der Waals surface area contributed by atoms with Crippen molar-refractivity contribution in [1.82, 2.24) is 25.1 Å². The second-order valence-electron chi connectivity index (χ2n) is 14.9. The number of imide groups is 2. The number of hydrogen-bond acceptors (Lipinski definition) is 13. The molecular formula is C40H46F2N10O6. The van der Waals surface area contributed by atoms with Crippen molar-refractivity contribution in [3.8, 4) is 5.75 Å². The third kappa shape index (κ3) is 9.12. The fourth-order valence-corrected chi connectivity index (χ4v) is 7.29. The van der Waals surface area contributed by atoms with Gasteiger partial charge in [0.15, 0.2) is 11.5 Å². The van der Waals surface area contributed by atoms with E-state index in [2.05, 4.69) is 15.3 Å². The maximum Gasteiger partial charge on any atom is 0.261 e. The van der Waals surface area contributed by atoms with Gasteiger partial charge in [-0.1, -0.05) is 0 Å². The number of anilines is 3. The number of carbonyl (C=O) groups is 5. The molecule has 5 amide bonds. The van der Waals surface area contributed by atoms with E-state index in [0.717, 1.165) is 17.2 Å². The number of nitrogens with two attached hydrogens (primary N) is 2. The molecule has 1 atom stereocenters. The first-order valence-corrected chi connectivity index (χ1v) is 18.9. The molecule has 2 aromatic carbocycles. The standard InChI is InChI=1S/C40H46F2N10O6/c1-23(2)58-34-16-31(44)25(13-32(34)49-37(55)29(17-43)36-45-9-4-10-46-36)18-47-26-7-11-50(12-8-26)19-40(42)20-51(21-40)33-15-28-27(14-30(33)41)38(56)52(39(28)57)24(3)5-6-35(54)48-22-53/h4,9-10,13-18,22-24,26H,5-8,11-12,19-21,43-44H2,1-3H3,(H,49,55)(H,48,53,54)/b29-17+,47-18?. The van der Waals surface area contributed by atoms with Gasteiger partial charge in [-0.25, -0.2) is 18.7 Å². The minimum absolute atomic E-state index is 0.0168. The summed E-state index contributed by atoms with van der Waals surface area (Å²) >= 11 is 0. The van der Waals surface area contributed by atoms with Crippen LogP contribution in [0.2, 0.25) is 0 Å². The molecule has 0 spiro atoms. The second kappa shape index (κ2) is 17.5. The monoisotopic (exact) mass is 800 g/mol. The Morgan fingerprint density at radius 1 is 1.07 bits per heavy atom. The van der Waals surface area contributed by atoms with Gasteiger partial charge in [-0.3, -0.25) is 44.1 Å². The number of amides is 5. The van der Waals surface area contributed by atoms with Gasteiger partial charge in [0.2, 0.25) is 12.3 Å². The molecule has 3 aliphatic rings. The van der Waals surface area contributed by atoms with Crippen LogP contribution in [0.15, 0.2) is 53.9 Å². The van der Waals surface area contributed by atoms with Crippen LogP contribution in [-0.4, -0.2) is 113 Å². The van der Waals surface area contributed by atoms with Crippen molar-refractivity contribution in [2.24, 2.45) is 10.7 Å². The molecule has 16 nitrogen and oxygen atoms in total. The predicted octanol–water partition coefficient (Wildman–Crippen LogP) is 3.07. The average molecular weight is 801 g/mol. The third-order valence-corrected chi connectivity index (χ3v) is 10.2. The number of likely N-dealkylation sites (tertiary alicyclic amines) is 1. The highest BCUT2D eigenvalue weighted by Gasteiger charge is 2.47. The Kier molecular flexibility index (Phi) is 12.4. The van der Waals surface area contributed by atoms with Crippen LogP contribution in [0.1, 0.15) is 78.6 Å². The van der Waals surface area contributed by atoms with E-state index < -0.39 is 41.2 Å². The van der Waals surface area contributed by atoms with Crippen LogP contribution in [0.4, 0.5) is 25.8 Å². The van der Waals surface area contributed by atoms with E-state index in [1.165, 1.54) is 23.4 Å². The predicted molar refractivity (Wildman–Crippen MR) is 212 cm³/mol. The number of halogens is 2. The molecule has 0 aliphatic carbocycles. The first-order chi connectivity index (χ1) is 27.7. The van der Waals surface area contributed by atoms with E-state index in [0.29, 0.717) is 48.6 Å². The van der Waals surface area contributed by atoms with E-state index in [9.17, 15) is 24.0 Å². The zero-order valence-electron chi connectivity index (χ0n) is 32.4. The van der Waals surface area contributed by atoms with Gasteiger partial charge < -0.3 is 26.4 Å². The highest BCUT2D eigenvalue weighted by Crippen LogP contribution is 2.38. The molecule has 0 saturated carbocycles. The van der Waals surface area contributed by atoms with Crippen LogP contribution >= 0.6 is 0 Å². The smallest absolute Gasteiger partial charge is 0.261 e. The average Bonchev–Trinajstić information content (AvgIpc) is 3.41. The van der Waals surface area contributed by atoms with E-state index >= 15 is 8.78 Å². The lowest BCUT2D eigenvalue weighted by Gasteiger charge is -2.48. The molecular weight excluding hydrogens is 754 g/mol. The number of benzene rings is 2. The lowest BCUT2D eigenvalue weighted by molar-refractivity contribution is -0.125. The van der Waals surface area contributed by atoms with Crippen molar-refractivity contribution >= 4 is 58.9 Å². The lowest BCUT2D eigenvalue weighted by atomic mass is 9.92. The Morgan fingerprint density at radius 3 is 2.38 bits per heavy atom. The van der Waals surface area contributed by atoms with Gasteiger partial charge in [-0.15, -0.1) is 0 Å². The number of nitrogen functional groups attached to an aromatic ring is 1. The number of nitrogens with one attached hydrogen (secondary N) is 2. The highest BCUT2D eigenvalue weighted by molar-refractivity contribution is 6.24. The van der Waals surface area contributed by atoms with Crippen molar-refractivity contribution in [1.29, 1.82) is 0 Å². The summed E-state index contributed by atoms with van der Waals surface area (Å²) in [6.07, 6.45) is 7.18. The molecule has 2 fully saturated rings. The zero-order valence-corrected chi connectivity index (χ0v) is 32.4. The number of aromatic nitrogens is 2. The summed E-state index contributed by atoms with van der Waals surface area (Å²) in [6, 6.07) is 6.48. The molecule has 6 N–H and O–H groups in total. The maximum atomic E-state index is 16.0. The van der Waals surface area contributed by atoms with Crippen LogP contribution in [0.5, 0.6) is 5.75 Å². The van der Waals surface area contributed by atoms with Gasteiger partial charge in [0, 0.05) is 74.2 Å². The molecule has 0 bridgehead atoms. The molecule has 1 unspecified atom stereocenters. The Morgan fingerprint density at radius 2 is 1.74 bits per heavy atom. The maximum absolute atomic E-state index is 16.0. The Balaban J connectivity index is 1.03. The highest BCUT2D eigenvalue weighted by atomic mass is 19.1. The summed E-state index contributed by atoms with van der Waals surface area (Å²) in [6.45, 7) is 6.39. The number of hydrogen-bond donors (Lipinski definition) is 4. The summed E-state index contributed by atoms with van der Waals surface area (Å²) in [5, 5.41) is 4.84. The number of ether oxygens (including phenoxy) is 1. The van der Waals surface area contributed by atoms with Crippen LogP contribution < -0.4 is 31.7 Å². The number of piperidine rings is 1. The van der Waals surface area contributed by atoms with Crippen molar-refractivity contribution < 1.29 is 37.5 Å². The molecule has 3 aromatic rings. The zero-order chi connectivity index (χ0) is 41.7. The van der Waals surface area contributed by atoms with Gasteiger partial charge in [0.1, 0.15) is 11.6 Å². The minimum Gasteiger partial charge on any atom is -0.489 e. The third-order valence-electron chi connectivity index (χ3n) is 10.2. The lowest BCUT2D eigenvalue weighted by Crippen LogP contribution is -2.64. The Labute approximate surface area is 333 Å². The largest absolute Gasteiger partial charge is 0.489 e. The number of fused-ring (bicyclic) bond motifs is 1. The van der Waals surface area contributed by atoms with E-state index in [1.54, 1.807) is 31.3 Å². The molecule has 306 valence electrons. The quantitative estimate of drug-likeness (QED) is 0.0574. The van der Waals surface area contributed by atoms with Crippen molar-refractivity contribution in [3.05, 3.63) is 77.3 Å². The number of alkyl halides is 1. The van der Waals surface area contributed by atoms with E-state index in [1.807, 2.05) is 24.1 Å². The summed E-state index contributed by atoms with van der Waals surface area (Å²) in [5.74, 6) is -2.60. The molecule has 18 heteroatoms. The van der Waals surface area contributed by atoms with Gasteiger partial charge in [0.05, 0.1) is 53.3 Å². The summed E-state index contributed by atoms with van der Waals surface area (Å²) in [4.78, 5) is 79.2. The molecule has 4 heterocycles. The number of aliphatic imine (C=N–C) groups is 1. The minimum atomic E-state index is -1.62. The number of rotatable bonds is 15. The SMILES string of the molecule is CC(C)Oc1cc(N)c(C=NC2CCN(CC3(F)CN(c4cc5c(cc4F)C(=O)N(C(C)CCC(=O)NC=O)C5=O)C3)CC2)cc1NC(=O)/C(=C/N)c1ncccn1. The molecule has 58 heavy (non-hydrogen) atoms. The van der Waals surface area contributed by atoms with Crippen LogP contribution in [0, 0.1) is 5.82 Å². The van der Waals surface area contributed by atoms with Crippen LogP contribution in [0.3, 0.4) is 0 Å². The van der Waals surface area contributed by atoms with Crippen molar-refractivity contribution in [2.75, 3.05) is 48.7 Å². The van der Waals surface area contributed by atoms with Gasteiger partial charge in [-0.2, -0.15) is 0 Å². The molecule has 6 rings (SSSR count). The summed E-state index contributed by atoms with van der Waals surface area (Å²) < 4.78 is 37.2. The number of carbonyl (C=O) groups excluding carboxylic acids is 5. The van der Waals surface area contributed by atoms with Crippen molar-refractivity contribution in [2.45, 2.75) is 70.3 Å². The fourth-order valence-electron chi connectivity index (χ4n) is 7.29. The molecule has 0 radical (unpaired) electrons. The Hall–Kier alpha value is -6.30. The normalized spacial score (nSPS) is 17.7. The van der Waals surface area contributed by atoms with Crippen LogP contribution in [-0.2, 0) is 14.4 Å². The van der Waals surface area contributed by atoms with Gasteiger partial charge >= 0.3 is 0 Å². The van der Waals surface area contributed by atoms with Crippen LogP contribution in [0.25, 0.3) is 5.57 Å². The second-order valence-corrected chi connectivity index (χ2v) is 14.9. The van der Waals surface area contributed by atoms with Gasteiger partial charge in [0.25, 0.3) is 17.7 Å². The van der Waals surface area contributed by atoms with Crippen molar-refractivity contribution in [3.63, 3.8) is 0 Å². The molecule has 1 aromatic heterocycles. The van der Waals surface area contributed by atoms with E-state index in [-0.39, 0.29) is 79.2 Å². The Bertz CT molecular complexity index is 2140. The topological polar surface area (TPSA) is 219 Å². The first kappa shape index (κ1) is 41.3. The molecule has 2 saturated heterocycles. The summed E-state index contributed by atoms with van der Waals surface area (Å²) in [7, 11) is 0. The van der Waals surface area contributed by atoms with E-state index in [4.69, 9.17) is 21.2 Å². The fraction of sp³-hybridized carbons (Fsp3) is 0.400. The number of nitrogens with zero attached hydrogens (tertiary/aromatic N) is 6. The summed E-state index contributed by atoms with van der Waals surface area (Å²) in [5.41, 5.74) is 11.9.